The molecule has 0 radical (unpaired) electrons. The molecule has 2 N–H and O–H groups in total. The molecule has 0 spiro atoms. The molecule has 1 aliphatic carbocycles. The minimum Gasteiger partial charge on any atom is -0.340 e. The average molecular weight is 278 g/mol. The first kappa shape index (κ1) is 14.0. The van der Waals surface area contributed by atoms with Crippen LogP contribution < -0.4 is 10.6 Å². The van der Waals surface area contributed by atoms with Gasteiger partial charge in [0.2, 0.25) is 5.89 Å². The van der Waals surface area contributed by atoms with E-state index in [0.717, 1.165) is 18.3 Å². The smallest absolute Gasteiger partial charge is 0.223 e. The van der Waals surface area contributed by atoms with Crippen molar-refractivity contribution in [3.8, 4) is 0 Å². The highest BCUT2D eigenvalue weighted by atomic mass is 16.5. The normalized spacial score (nSPS) is 31.4. The van der Waals surface area contributed by atoms with E-state index < -0.39 is 0 Å². The van der Waals surface area contributed by atoms with Gasteiger partial charge in [-0.15, -0.1) is 0 Å². The number of nitrogens with one attached hydrogen (secondary N) is 2. The Morgan fingerprint density at radius 1 is 1.20 bits per heavy atom. The second-order valence-electron chi connectivity index (χ2n) is 6.22. The molecule has 0 aromatic carbocycles. The van der Waals surface area contributed by atoms with Crippen LogP contribution in [0.3, 0.4) is 0 Å². The molecule has 112 valence electrons. The second kappa shape index (κ2) is 6.68. The Morgan fingerprint density at radius 2 is 2.05 bits per heavy atom. The molecule has 1 aromatic rings. The van der Waals surface area contributed by atoms with Crippen molar-refractivity contribution >= 4 is 0 Å². The summed E-state index contributed by atoms with van der Waals surface area (Å²) in [4.78, 5) is 4.28. The van der Waals surface area contributed by atoms with Crippen molar-refractivity contribution in [2.75, 3.05) is 6.54 Å². The van der Waals surface area contributed by atoms with E-state index in [9.17, 15) is 0 Å². The topological polar surface area (TPSA) is 63.0 Å². The molecule has 3 atom stereocenters. The van der Waals surface area contributed by atoms with Crippen molar-refractivity contribution in [3.05, 3.63) is 11.7 Å². The molecular formula is C15H26N4O. The molecule has 3 rings (SSSR count). The summed E-state index contributed by atoms with van der Waals surface area (Å²) in [5, 5.41) is 11.4. The number of hydrogen-bond donors (Lipinski definition) is 2. The number of rotatable bonds is 4. The summed E-state index contributed by atoms with van der Waals surface area (Å²) >= 11 is 0. The Kier molecular flexibility index (Phi) is 4.68. The van der Waals surface area contributed by atoms with E-state index in [1.54, 1.807) is 0 Å². The van der Waals surface area contributed by atoms with Gasteiger partial charge < -0.3 is 15.2 Å². The standard InChI is InChI=1S/C15H26N4O/c1-11-18-15(19-20-11)10-17-14-7-3-2-6-12(14)13-8-4-5-9-16-13/h12-14,16-17H,2-10H2,1H3. The minimum atomic E-state index is 0.596. The van der Waals surface area contributed by atoms with Gasteiger partial charge in [0.05, 0.1) is 6.54 Å². The summed E-state index contributed by atoms with van der Waals surface area (Å²) in [6.07, 6.45) is 9.40. The SMILES string of the molecule is Cc1nc(CNC2CCCCC2C2CCCCN2)no1. The Balaban J connectivity index is 1.57. The van der Waals surface area contributed by atoms with Gasteiger partial charge in [-0.3, -0.25) is 0 Å². The lowest BCUT2D eigenvalue weighted by Gasteiger charge is -2.39. The van der Waals surface area contributed by atoms with Gasteiger partial charge >= 0.3 is 0 Å². The molecule has 1 aromatic heterocycles. The Morgan fingerprint density at radius 3 is 2.80 bits per heavy atom. The van der Waals surface area contributed by atoms with Crippen LogP contribution in [0.5, 0.6) is 0 Å². The van der Waals surface area contributed by atoms with Gasteiger partial charge in [0.25, 0.3) is 0 Å². The average Bonchev–Trinajstić information content (AvgIpc) is 2.92. The van der Waals surface area contributed by atoms with E-state index in [0.29, 0.717) is 18.0 Å². The molecular weight excluding hydrogens is 252 g/mol. The number of aromatic nitrogens is 2. The van der Waals surface area contributed by atoms with Gasteiger partial charge in [0.15, 0.2) is 5.82 Å². The van der Waals surface area contributed by atoms with Crippen LogP contribution >= 0.6 is 0 Å². The molecule has 2 fully saturated rings. The lowest BCUT2D eigenvalue weighted by molar-refractivity contribution is 0.180. The summed E-state index contributed by atoms with van der Waals surface area (Å²) in [7, 11) is 0. The first-order valence-electron chi connectivity index (χ1n) is 8.09. The fourth-order valence-corrected chi connectivity index (χ4v) is 3.77. The number of nitrogens with zero attached hydrogens (tertiary/aromatic N) is 2. The third-order valence-corrected chi connectivity index (χ3v) is 4.78. The van der Waals surface area contributed by atoms with Gasteiger partial charge in [-0.05, 0) is 38.1 Å². The molecule has 2 aliphatic rings. The number of aryl methyl sites for hydroxylation is 1. The molecule has 1 saturated carbocycles. The van der Waals surface area contributed by atoms with E-state index in [1.807, 2.05) is 6.92 Å². The maximum atomic E-state index is 5.03. The molecule has 2 heterocycles. The highest BCUT2D eigenvalue weighted by molar-refractivity contribution is 4.92. The van der Waals surface area contributed by atoms with Crippen LogP contribution in [-0.4, -0.2) is 28.8 Å². The largest absolute Gasteiger partial charge is 0.340 e. The van der Waals surface area contributed by atoms with E-state index in [4.69, 9.17) is 4.52 Å². The molecule has 0 amide bonds. The summed E-state index contributed by atoms with van der Waals surface area (Å²) in [6.45, 7) is 3.76. The second-order valence-corrected chi connectivity index (χ2v) is 6.22. The van der Waals surface area contributed by atoms with Crippen molar-refractivity contribution < 1.29 is 4.52 Å². The zero-order chi connectivity index (χ0) is 13.8. The number of hydrogen-bond acceptors (Lipinski definition) is 5. The van der Waals surface area contributed by atoms with Crippen molar-refractivity contribution in [2.24, 2.45) is 5.92 Å². The van der Waals surface area contributed by atoms with Crippen LogP contribution in [-0.2, 0) is 6.54 Å². The summed E-state index contributed by atoms with van der Waals surface area (Å²) < 4.78 is 5.03. The maximum absolute atomic E-state index is 5.03. The summed E-state index contributed by atoms with van der Waals surface area (Å²) in [5.74, 6) is 2.19. The quantitative estimate of drug-likeness (QED) is 0.884. The van der Waals surface area contributed by atoms with Gasteiger partial charge in [-0.25, -0.2) is 0 Å². The fourth-order valence-electron chi connectivity index (χ4n) is 3.77. The molecule has 1 aliphatic heterocycles. The molecule has 3 unspecified atom stereocenters. The van der Waals surface area contributed by atoms with Crippen molar-refractivity contribution in [2.45, 2.75) is 70.5 Å². The predicted molar refractivity (Wildman–Crippen MR) is 77.3 cm³/mol. The highest BCUT2D eigenvalue weighted by Gasteiger charge is 2.32. The van der Waals surface area contributed by atoms with Crippen LogP contribution in [0, 0.1) is 12.8 Å². The molecule has 1 saturated heterocycles. The van der Waals surface area contributed by atoms with Crippen LogP contribution in [0.25, 0.3) is 0 Å². The molecule has 0 bridgehead atoms. The van der Waals surface area contributed by atoms with Crippen molar-refractivity contribution in [3.63, 3.8) is 0 Å². The Hall–Kier alpha value is -0.940. The molecule has 5 nitrogen and oxygen atoms in total. The third-order valence-electron chi connectivity index (χ3n) is 4.78. The van der Waals surface area contributed by atoms with Crippen LogP contribution in [0.15, 0.2) is 4.52 Å². The lowest BCUT2D eigenvalue weighted by atomic mass is 9.77. The highest BCUT2D eigenvalue weighted by Crippen LogP contribution is 2.30. The third kappa shape index (κ3) is 3.38. The van der Waals surface area contributed by atoms with E-state index in [2.05, 4.69) is 20.8 Å². The van der Waals surface area contributed by atoms with E-state index >= 15 is 0 Å². The van der Waals surface area contributed by atoms with Crippen LogP contribution in [0.1, 0.15) is 56.7 Å². The Bertz CT molecular complexity index is 414. The maximum Gasteiger partial charge on any atom is 0.223 e. The monoisotopic (exact) mass is 278 g/mol. The minimum absolute atomic E-state index is 0.596. The first-order valence-corrected chi connectivity index (χ1v) is 8.09. The van der Waals surface area contributed by atoms with Crippen molar-refractivity contribution in [1.29, 1.82) is 0 Å². The zero-order valence-corrected chi connectivity index (χ0v) is 12.4. The first-order chi connectivity index (χ1) is 9.83. The van der Waals surface area contributed by atoms with E-state index in [1.165, 1.54) is 51.5 Å². The van der Waals surface area contributed by atoms with Gasteiger partial charge in [0, 0.05) is 19.0 Å². The van der Waals surface area contributed by atoms with Gasteiger partial charge in [0.1, 0.15) is 0 Å². The predicted octanol–water partition coefficient (Wildman–Crippen LogP) is 2.17. The lowest BCUT2D eigenvalue weighted by Crippen LogP contribution is -2.50. The van der Waals surface area contributed by atoms with E-state index in [-0.39, 0.29) is 0 Å². The van der Waals surface area contributed by atoms with Crippen LogP contribution in [0.2, 0.25) is 0 Å². The Labute approximate surface area is 120 Å². The molecule has 5 heteroatoms. The zero-order valence-electron chi connectivity index (χ0n) is 12.4. The van der Waals surface area contributed by atoms with Gasteiger partial charge in [-0.1, -0.05) is 24.4 Å². The van der Waals surface area contributed by atoms with Gasteiger partial charge in [-0.2, -0.15) is 4.98 Å². The summed E-state index contributed by atoms with van der Waals surface area (Å²) in [6, 6.07) is 1.30. The fraction of sp³-hybridized carbons (Fsp3) is 0.867. The van der Waals surface area contributed by atoms with Crippen molar-refractivity contribution in [1.82, 2.24) is 20.8 Å². The number of piperidine rings is 1. The molecule has 20 heavy (non-hydrogen) atoms. The summed E-state index contributed by atoms with van der Waals surface area (Å²) in [5.41, 5.74) is 0. The van der Waals surface area contributed by atoms with Crippen LogP contribution in [0.4, 0.5) is 0 Å².